The van der Waals surface area contributed by atoms with Gasteiger partial charge in [-0.25, -0.2) is 4.79 Å². The lowest BCUT2D eigenvalue weighted by molar-refractivity contribution is -0.140. The fraction of sp³-hybridized carbons (Fsp3) is 0.308. The summed E-state index contributed by atoms with van der Waals surface area (Å²) in [5, 5.41) is 27.7. The number of aryl methyl sites for hydroxylation is 3. The van der Waals surface area contributed by atoms with Gasteiger partial charge in [0.15, 0.2) is 0 Å². The Morgan fingerprint density at radius 3 is 2.14 bits per heavy atom. The number of rotatable bonds is 16. The minimum atomic E-state index is -1.00. The van der Waals surface area contributed by atoms with Crippen molar-refractivity contribution in [3.05, 3.63) is 117 Å². The fourth-order valence-corrected chi connectivity index (χ4v) is 7.23. The zero-order valence-corrected chi connectivity index (χ0v) is 29.3. The molecule has 4 aromatic rings. The Balaban J connectivity index is 1.18. The Kier molecular flexibility index (Phi) is 12.7. The van der Waals surface area contributed by atoms with Gasteiger partial charge in [0.05, 0.1) is 17.5 Å². The molecule has 266 valence electrons. The molecular weight excluding hydrogens is 669 g/mol. The number of aromatic carboxylic acids is 1. The Morgan fingerprint density at radius 1 is 0.765 bits per heavy atom. The number of anilines is 2. The van der Waals surface area contributed by atoms with Gasteiger partial charge >= 0.3 is 11.9 Å². The largest absolute Gasteiger partial charge is 0.481 e. The van der Waals surface area contributed by atoms with E-state index < -0.39 is 11.9 Å². The van der Waals surface area contributed by atoms with Gasteiger partial charge in [-0.05, 0) is 97.2 Å². The third-order valence-electron chi connectivity index (χ3n) is 8.86. The Hall–Kier alpha value is -5.33. The summed E-state index contributed by atoms with van der Waals surface area (Å²) >= 11 is 1.46. The maximum atomic E-state index is 13.8. The third-order valence-corrected chi connectivity index (χ3v) is 10.1. The van der Waals surface area contributed by atoms with Crippen LogP contribution >= 0.6 is 11.3 Å². The topological polar surface area (TPSA) is 165 Å². The quantitative estimate of drug-likeness (QED) is 0.0880. The van der Waals surface area contributed by atoms with Gasteiger partial charge in [-0.2, -0.15) is 0 Å². The number of hydrogen-bond donors (Lipinski definition) is 5. The van der Waals surface area contributed by atoms with Crippen LogP contribution in [0.15, 0.2) is 72.8 Å². The Labute approximate surface area is 300 Å². The Bertz CT molecular complexity index is 1890. The van der Waals surface area contributed by atoms with Gasteiger partial charge in [-0.1, -0.05) is 36.4 Å². The minimum absolute atomic E-state index is 0.0380. The standard InChI is InChI=1S/C39H42N4O7S/c1-43(33(44)19-20-34(45)46)22-21-40-24-27-5-4-6-29(23-27)36(47)42-38-35(31-7-2-3-8-32(31)51-38)37(48)41-30-17-13-26(14-18-30)10-9-25-11-15-28(16-12-25)39(49)50/h4-6,11-18,23,40H,2-3,7-10,19-22,24H2,1H3,(H,41,48)(H,42,47)(H,45,46)(H,49,50). The molecule has 0 bridgehead atoms. The molecule has 1 heterocycles. The molecule has 51 heavy (non-hydrogen) atoms. The molecule has 3 aromatic carbocycles. The summed E-state index contributed by atoms with van der Waals surface area (Å²) in [4.78, 5) is 63.8. The van der Waals surface area contributed by atoms with E-state index in [1.807, 2.05) is 42.5 Å². The molecule has 12 heteroatoms. The normalized spacial score (nSPS) is 12.1. The molecule has 1 aliphatic carbocycles. The van der Waals surface area contributed by atoms with Crippen LogP contribution in [0.2, 0.25) is 0 Å². The zero-order valence-electron chi connectivity index (χ0n) is 28.5. The molecule has 0 spiro atoms. The van der Waals surface area contributed by atoms with Gasteiger partial charge < -0.3 is 31.1 Å². The molecule has 1 aliphatic rings. The van der Waals surface area contributed by atoms with Crippen molar-refractivity contribution >= 4 is 51.7 Å². The number of carboxylic acid groups (broad SMARTS) is 2. The average molecular weight is 711 g/mol. The van der Waals surface area contributed by atoms with Gasteiger partial charge in [0.1, 0.15) is 5.00 Å². The number of thiophene rings is 1. The third kappa shape index (κ3) is 10.3. The first-order valence-electron chi connectivity index (χ1n) is 17.0. The fourth-order valence-electron chi connectivity index (χ4n) is 5.95. The van der Waals surface area contributed by atoms with Crippen molar-refractivity contribution in [3.8, 4) is 0 Å². The number of carbonyl (C=O) groups excluding carboxylic acids is 3. The second kappa shape index (κ2) is 17.6. The van der Waals surface area contributed by atoms with E-state index in [-0.39, 0.29) is 36.1 Å². The molecule has 0 unspecified atom stereocenters. The van der Waals surface area contributed by atoms with E-state index in [4.69, 9.17) is 10.2 Å². The van der Waals surface area contributed by atoms with Crippen molar-refractivity contribution in [2.24, 2.45) is 0 Å². The van der Waals surface area contributed by atoms with Crippen molar-refractivity contribution in [1.82, 2.24) is 10.2 Å². The lowest BCUT2D eigenvalue weighted by Gasteiger charge is -2.17. The monoisotopic (exact) mass is 710 g/mol. The van der Waals surface area contributed by atoms with Crippen molar-refractivity contribution in [3.63, 3.8) is 0 Å². The average Bonchev–Trinajstić information content (AvgIpc) is 3.50. The van der Waals surface area contributed by atoms with Crippen molar-refractivity contribution in [2.75, 3.05) is 30.8 Å². The first kappa shape index (κ1) is 36.9. The first-order valence-corrected chi connectivity index (χ1v) is 17.8. The molecule has 5 N–H and O–H groups in total. The number of benzene rings is 3. The van der Waals surface area contributed by atoms with E-state index in [0.717, 1.165) is 65.7 Å². The van der Waals surface area contributed by atoms with Gasteiger partial charge in [0, 0.05) is 49.2 Å². The molecule has 0 atom stereocenters. The maximum Gasteiger partial charge on any atom is 0.335 e. The Morgan fingerprint density at radius 2 is 1.45 bits per heavy atom. The van der Waals surface area contributed by atoms with Crippen LogP contribution < -0.4 is 16.0 Å². The number of amides is 3. The van der Waals surface area contributed by atoms with Crippen LogP contribution in [0.5, 0.6) is 0 Å². The predicted octanol–water partition coefficient (Wildman–Crippen LogP) is 6.03. The van der Waals surface area contributed by atoms with Crippen molar-refractivity contribution in [2.45, 2.75) is 57.9 Å². The molecule has 11 nitrogen and oxygen atoms in total. The van der Waals surface area contributed by atoms with Crippen LogP contribution in [0, 0.1) is 0 Å². The lowest BCUT2D eigenvalue weighted by Crippen LogP contribution is -2.33. The molecule has 1 aromatic heterocycles. The number of fused-ring (bicyclic) bond motifs is 1. The van der Waals surface area contributed by atoms with E-state index in [1.54, 1.807) is 37.4 Å². The first-order chi connectivity index (χ1) is 24.6. The van der Waals surface area contributed by atoms with E-state index in [0.29, 0.717) is 41.4 Å². The number of aliphatic carboxylic acids is 1. The molecule has 0 fully saturated rings. The van der Waals surface area contributed by atoms with E-state index in [1.165, 1.54) is 16.2 Å². The van der Waals surface area contributed by atoms with Gasteiger partial charge in [-0.3, -0.25) is 19.2 Å². The molecule has 0 radical (unpaired) electrons. The van der Waals surface area contributed by atoms with Crippen LogP contribution in [-0.2, 0) is 41.8 Å². The maximum absolute atomic E-state index is 13.8. The summed E-state index contributed by atoms with van der Waals surface area (Å²) in [7, 11) is 1.64. The predicted molar refractivity (Wildman–Crippen MR) is 197 cm³/mol. The summed E-state index contributed by atoms with van der Waals surface area (Å²) in [6.45, 7) is 1.39. The van der Waals surface area contributed by atoms with Crippen LogP contribution in [0.1, 0.15) is 83.9 Å². The number of likely N-dealkylation sites (N-methyl/N-ethyl adjacent to an activating group) is 1. The molecule has 3 amide bonds. The molecule has 0 saturated heterocycles. The summed E-state index contributed by atoms with van der Waals surface area (Å²) in [5.74, 6) is -2.75. The minimum Gasteiger partial charge on any atom is -0.481 e. The molecule has 5 rings (SSSR count). The summed E-state index contributed by atoms with van der Waals surface area (Å²) < 4.78 is 0. The highest BCUT2D eigenvalue weighted by molar-refractivity contribution is 7.17. The van der Waals surface area contributed by atoms with E-state index in [9.17, 15) is 24.0 Å². The van der Waals surface area contributed by atoms with Crippen molar-refractivity contribution in [1.29, 1.82) is 0 Å². The van der Waals surface area contributed by atoms with Gasteiger partial charge in [-0.15, -0.1) is 11.3 Å². The van der Waals surface area contributed by atoms with E-state index in [2.05, 4.69) is 16.0 Å². The highest BCUT2D eigenvalue weighted by Gasteiger charge is 2.27. The van der Waals surface area contributed by atoms with Gasteiger partial charge in [0.25, 0.3) is 11.8 Å². The van der Waals surface area contributed by atoms with Crippen LogP contribution in [0.25, 0.3) is 0 Å². The number of nitrogens with one attached hydrogen (secondary N) is 3. The molecule has 0 saturated carbocycles. The molecular formula is C39H42N4O7S. The van der Waals surface area contributed by atoms with Crippen LogP contribution in [-0.4, -0.2) is 64.9 Å². The lowest BCUT2D eigenvalue weighted by atomic mass is 9.95. The summed E-state index contributed by atoms with van der Waals surface area (Å²) in [6.07, 6.45) is 4.94. The SMILES string of the molecule is CN(CCNCc1cccc(C(=O)Nc2sc3c(c2C(=O)Nc2ccc(CCc4ccc(C(=O)O)cc4)cc2)CCCC3)c1)C(=O)CCC(=O)O. The van der Waals surface area contributed by atoms with Crippen molar-refractivity contribution < 1.29 is 34.2 Å². The van der Waals surface area contributed by atoms with Gasteiger partial charge in [0.2, 0.25) is 5.91 Å². The smallest absolute Gasteiger partial charge is 0.335 e. The summed E-state index contributed by atoms with van der Waals surface area (Å²) in [5.41, 5.74) is 5.89. The van der Waals surface area contributed by atoms with Crippen LogP contribution in [0.4, 0.5) is 10.7 Å². The highest BCUT2D eigenvalue weighted by Crippen LogP contribution is 2.39. The second-order valence-corrected chi connectivity index (χ2v) is 13.7. The number of carboxylic acids is 2. The van der Waals surface area contributed by atoms with Crippen LogP contribution in [0.3, 0.4) is 0 Å². The second-order valence-electron chi connectivity index (χ2n) is 12.6. The number of carbonyl (C=O) groups is 5. The zero-order chi connectivity index (χ0) is 36.3. The number of nitrogens with zero attached hydrogens (tertiary/aromatic N) is 1. The molecule has 0 aliphatic heterocycles. The van der Waals surface area contributed by atoms with E-state index >= 15 is 0 Å². The number of hydrogen-bond acceptors (Lipinski definition) is 7. The summed E-state index contributed by atoms with van der Waals surface area (Å²) in [6, 6.07) is 21.8. The highest BCUT2D eigenvalue weighted by atomic mass is 32.1.